The van der Waals surface area contributed by atoms with Gasteiger partial charge in [0, 0.05) is 11.0 Å². The topological polar surface area (TPSA) is 66.4 Å². The molecule has 0 bridgehead atoms. The summed E-state index contributed by atoms with van der Waals surface area (Å²) >= 11 is 9.02. The van der Waals surface area contributed by atoms with Gasteiger partial charge in [-0.15, -0.1) is 0 Å². The van der Waals surface area contributed by atoms with Crippen LogP contribution < -0.4 is 4.72 Å². The molecule has 0 aromatic heterocycles. The summed E-state index contributed by atoms with van der Waals surface area (Å²) in [6.07, 6.45) is 0. The minimum absolute atomic E-state index is 0.132. The zero-order chi connectivity index (χ0) is 14.8. The number of hydrogen-bond donors (Lipinski definition) is 2. The van der Waals surface area contributed by atoms with Gasteiger partial charge in [-0.3, -0.25) is 0 Å². The number of phenols is 1. The van der Waals surface area contributed by atoms with E-state index in [1.54, 1.807) is 12.1 Å². The number of nitrogens with one attached hydrogen (secondary N) is 1. The van der Waals surface area contributed by atoms with Gasteiger partial charge in [-0.25, -0.2) is 13.1 Å². The number of phenolic OH excluding ortho intramolecular Hbond substituents is 1. The molecule has 0 saturated carbocycles. The average Bonchev–Trinajstić information content (AvgIpc) is 2.41. The second-order valence-corrected chi connectivity index (χ2v) is 7.10. The van der Waals surface area contributed by atoms with Gasteiger partial charge < -0.3 is 5.11 Å². The van der Waals surface area contributed by atoms with Crippen molar-refractivity contribution < 1.29 is 13.5 Å². The van der Waals surface area contributed by atoms with Gasteiger partial charge in [-0.05, 0) is 51.8 Å². The molecule has 0 aliphatic carbocycles. The summed E-state index contributed by atoms with van der Waals surface area (Å²) in [6.45, 7) is 0.142. The van der Waals surface area contributed by atoms with Crippen LogP contribution in [0.25, 0.3) is 0 Å². The standard InChI is InChI=1S/C13H11BrClNO3S/c14-12-7-11(5-6-13(12)15)20(18,19)16-8-9-1-3-10(17)4-2-9/h1-7,16-17H,8H2. The molecule has 7 heteroatoms. The van der Waals surface area contributed by atoms with Gasteiger partial charge in [0.05, 0.1) is 9.92 Å². The molecule has 0 fully saturated rings. The smallest absolute Gasteiger partial charge is 0.240 e. The third-order valence-electron chi connectivity index (χ3n) is 2.60. The van der Waals surface area contributed by atoms with Crippen LogP contribution in [0.3, 0.4) is 0 Å². The van der Waals surface area contributed by atoms with Crippen molar-refractivity contribution in [3.05, 3.63) is 57.5 Å². The Bertz CT molecular complexity index is 717. The molecule has 0 saturated heterocycles. The zero-order valence-corrected chi connectivity index (χ0v) is 13.3. The van der Waals surface area contributed by atoms with Crippen LogP contribution in [-0.2, 0) is 16.6 Å². The highest BCUT2D eigenvalue weighted by Gasteiger charge is 2.14. The fraction of sp³-hybridized carbons (Fsp3) is 0.0769. The van der Waals surface area contributed by atoms with E-state index in [1.165, 1.54) is 30.3 Å². The predicted octanol–water partition coefficient (Wildman–Crippen LogP) is 3.29. The quantitative estimate of drug-likeness (QED) is 0.860. The number of hydrogen-bond acceptors (Lipinski definition) is 3. The zero-order valence-electron chi connectivity index (χ0n) is 10.2. The molecule has 2 aromatic carbocycles. The molecule has 0 aliphatic heterocycles. The summed E-state index contributed by atoms with van der Waals surface area (Å²) in [5.74, 6) is 0.137. The van der Waals surface area contributed by atoms with Crippen LogP contribution in [0.1, 0.15) is 5.56 Å². The van der Waals surface area contributed by atoms with E-state index >= 15 is 0 Å². The molecule has 0 unspecified atom stereocenters. The molecule has 0 radical (unpaired) electrons. The normalized spacial score (nSPS) is 11.5. The molecule has 20 heavy (non-hydrogen) atoms. The maximum absolute atomic E-state index is 12.1. The van der Waals surface area contributed by atoms with E-state index in [2.05, 4.69) is 20.7 Å². The Morgan fingerprint density at radius 3 is 2.40 bits per heavy atom. The second kappa shape index (κ2) is 6.13. The van der Waals surface area contributed by atoms with Crippen molar-refractivity contribution in [2.24, 2.45) is 0 Å². The van der Waals surface area contributed by atoms with Crippen molar-refractivity contribution in [1.82, 2.24) is 4.72 Å². The maximum Gasteiger partial charge on any atom is 0.240 e. The van der Waals surface area contributed by atoms with Gasteiger partial charge in [0.15, 0.2) is 0 Å². The molecule has 2 N–H and O–H groups in total. The minimum Gasteiger partial charge on any atom is -0.508 e. The fourth-order valence-electron chi connectivity index (χ4n) is 1.52. The molecular weight excluding hydrogens is 366 g/mol. The van der Waals surface area contributed by atoms with E-state index in [1.807, 2.05) is 0 Å². The van der Waals surface area contributed by atoms with Crippen molar-refractivity contribution in [1.29, 1.82) is 0 Å². The molecular formula is C13H11BrClNO3S. The van der Waals surface area contributed by atoms with Gasteiger partial charge in [0.2, 0.25) is 10.0 Å². The van der Waals surface area contributed by atoms with E-state index in [4.69, 9.17) is 16.7 Å². The van der Waals surface area contributed by atoms with Crippen molar-refractivity contribution in [3.63, 3.8) is 0 Å². The lowest BCUT2D eigenvalue weighted by atomic mass is 10.2. The summed E-state index contributed by atoms with van der Waals surface area (Å²) < 4.78 is 27.2. The highest BCUT2D eigenvalue weighted by molar-refractivity contribution is 9.10. The molecule has 0 spiro atoms. The minimum atomic E-state index is -3.61. The Morgan fingerprint density at radius 1 is 1.15 bits per heavy atom. The Balaban J connectivity index is 2.14. The highest BCUT2D eigenvalue weighted by atomic mass is 79.9. The van der Waals surface area contributed by atoms with Crippen LogP contribution in [0.2, 0.25) is 5.02 Å². The summed E-state index contributed by atoms with van der Waals surface area (Å²) in [5, 5.41) is 9.61. The van der Waals surface area contributed by atoms with E-state index in [0.29, 0.717) is 9.50 Å². The molecule has 0 aliphatic rings. The SMILES string of the molecule is O=S(=O)(NCc1ccc(O)cc1)c1ccc(Cl)c(Br)c1. The van der Waals surface area contributed by atoms with E-state index in [0.717, 1.165) is 5.56 Å². The third-order valence-corrected chi connectivity index (χ3v) is 5.22. The lowest BCUT2D eigenvalue weighted by Gasteiger charge is -2.08. The number of sulfonamides is 1. The van der Waals surface area contributed by atoms with Crippen molar-refractivity contribution >= 4 is 37.6 Å². The molecule has 106 valence electrons. The van der Waals surface area contributed by atoms with E-state index in [9.17, 15) is 8.42 Å². The number of benzene rings is 2. The van der Waals surface area contributed by atoms with Crippen LogP contribution in [0.5, 0.6) is 5.75 Å². The van der Waals surface area contributed by atoms with Crippen molar-refractivity contribution in [2.75, 3.05) is 0 Å². The third kappa shape index (κ3) is 3.73. The first-order valence-corrected chi connectivity index (χ1v) is 8.26. The Labute approximate surface area is 130 Å². The Kier molecular flexibility index (Phi) is 4.70. The van der Waals surface area contributed by atoms with Gasteiger partial charge in [-0.1, -0.05) is 23.7 Å². The largest absolute Gasteiger partial charge is 0.508 e. The van der Waals surface area contributed by atoms with Crippen LogP contribution in [0, 0.1) is 0 Å². The monoisotopic (exact) mass is 375 g/mol. The number of rotatable bonds is 4. The summed E-state index contributed by atoms with van der Waals surface area (Å²) in [5.41, 5.74) is 0.749. The Morgan fingerprint density at radius 2 is 1.80 bits per heavy atom. The van der Waals surface area contributed by atoms with Crippen LogP contribution in [0.4, 0.5) is 0 Å². The maximum atomic E-state index is 12.1. The van der Waals surface area contributed by atoms with Gasteiger partial charge in [-0.2, -0.15) is 0 Å². The molecule has 0 amide bonds. The summed E-state index contributed by atoms with van der Waals surface area (Å²) in [6, 6.07) is 10.7. The molecule has 2 aromatic rings. The lowest BCUT2D eigenvalue weighted by molar-refractivity contribution is 0.475. The van der Waals surface area contributed by atoms with Gasteiger partial charge in [0.1, 0.15) is 5.75 Å². The van der Waals surface area contributed by atoms with E-state index < -0.39 is 10.0 Å². The lowest BCUT2D eigenvalue weighted by Crippen LogP contribution is -2.23. The number of aromatic hydroxyl groups is 1. The first kappa shape index (κ1) is 15.3. The summed E-state index contributed by atoms with van der Waals surface area (Å²) in [4.78, 5) is 0.132. The van der Waals surface area contributed by atoms with E-state index in [-0.39, 0.29) is 17.2 Å². The predicted molar refractivity (Wildman–Crippen MR) is 81.3 cm³/mol. The first-order valence-electron chi connectivity index (χ1n) is 5.61. The van der Waals surface area contributed by atoms with Gasteiger partial charge >= 0.3 is 0 Å². The number of halogens is 2. The molecule has 0 heterocycles. The average molecular weight is 377 g/mol. The summed E-state index contributed by atoms with van der Waals surface area (Å²) in [7, 11) is -3.61. The van der Waals surface area contributed by atoms with Gasteiger partial charge in [0.25, 0.3) is 0 Å². The van der Waals surface area contributed by atoms with Crippen LogP contribution in [-0.4, -0.2) is 13.5 Å². The highest BCUT2D eigenvalue weighted by Crippen LogP contribution is 2.25. The van der Waals surface area contributed by atoms with Crippen molar-refractivity contribution in [3.8, 4) is 5.75 Å². The molecule has 0 atom stereocenters. The van der Waals surface area contributed by atoms with Crippen molar-refractivity contribution in [2.45, 2.75) is 11.4 Å². The van der Waals surface area contributed by atoms with Crippen LogP contribution in [0.15, 0.2) is 51.8 Å². The molecule has 4 nitrogen and oxygen atoms in total. The Hall–Kier alpha value is -1.08. The van der Waals surface area contributed by atoms with Crippen LogP contribution >= 0.6 is 27.5 Å². The second-order valence-electron chi connectivity index (χ2n) is 4.07. The fourth-order valence-corrected chi connectivity index (χ4v) is 3.21. The first-order chi connectivity index (χ1) is 9.38. The molecule has 2 rings (SSSR count).